The van der Waals surface area contributed by atoms with Crippen molar-refractivity contribution in [3.8, 4) is 0 Å². The molecule has 0 aliphatic rings. The highest BCUT2D eigenvalue weighted by molar-refractivity contribution is 8.14. The maximum absolute atomic E-state index is 11.2. The van der Waals surface area contributed by atoms with Gasteiger partial charge in [-0.3, -0.25) is 4.79 Å². The molecule has 0 aliphatic carbocycles. The van der Waals surface area contributed by atoms with E-state index >= 15 is 0 Å². The first-order valence-electron chi connectivity index (χ1n) is 5.75. The molecule has 0 aromatic rings. The summed E-state index contributed by atoms with van der Waals surface area (Å²) in [6, 6.07) is 0. The summed E-state index contributed by atoms with van der Waals surface area (Å²) in [4.78, 5) is 11.2. The van der Waals surface area contributed by atoms with Crippen molar-refractivity contribution in [2.45, 2.75) is 6.92 Å². The highest BCUT2D eigenvalue weighted by Crippen LogP contribution is 2.13. The SMILES string of the molecule is C=C(C)C(=O)SCCSCCSCCNS(C)(=O)=O. The third-order valence-electron chi connectivity index (χ3n) is 1.79. The predicted octanol–water partition coefficient (Wildman–Crippen LogP) is 1.84. The summed E-state index contributed by atoms with van der Waals surface area (Å²) in [5.74, 6) is 4.57. The van der Waals surface area contributed by atoms with Crippen LogP contribution in [0.4, 0.5) is 0 Å². The Morgan fingerprint density at radius 1 is 1.11 bits per heavy atom. The van der Waals surface area contributed by atoms with Gasteiger partial charge in [-0.15, -0.1) is 0 Å². The quantitative estimate of drug-likeness (QED) is 0.456. The largest absolute Gasteiger partial charge is 0.282 e. The molecule has 0 heterocycles. The van der Waals surface area contributed by atoms with Crippen LogP contribution in [-0.2, 0) is 14.8 Å². The zero-order valence-corrected chi connectivity index (χ0v) is 14.6. The molecule has 0 bridgehead atoms. The molecular formula is C11H21NO3S4. The van der Waals surface area contributed by atoms with Crippen LogP contribution >= 0.6 is 35.3 Å². The normalized spacial score (nSPS) is 11.5. The van der Waals surface area contributed by atoms with Gasteiger partial charge in [0.1, 0.15) is 0 Å². The van der Waals surface area contributed by atoms with E-state index in [1.807, 2.05) is 11.8 Å². The zero-order valence-electron chi connectivity index (χ0n) is 11.3. The molecule has 0 spiro atoms. The van der Waals surface area contributed by atoms with Crippen molar-refractivity contribution in [2.24, 2.45) is 0 Å². The van der Waals surface area contributed by atoms with E-state index in [1.54, 1.807) is 18.7 Å². The molecule has 112 valence electrons. The number of hydrogen-bond donors (Lipinski definition) is 1. The number of carbonyl (C=O) groups is 1. The maximum atomic E-state index is 11.2. The van der Waals surface area contributed by atoms with E-state index in [0.717, 1.165) is 35.0 Å². The van der Waals surface area contributed by atoms with Crippen LogP contribution in [0.2, 0.25) is 0 Å². The number of hydrogen-bond acceptors (Lipinski definition) is 6. The number of thioether (sulfide) groups is 3. The van der Waals surface area contributed by atoms with Crippen LogP contribution in [0, 0.1) is 0 Å². The summed E-state index contributed by atoms with van der Waals surface area (Å²) in [5.41, 5.74) is 0.601. The van der Waals surface area contributed by atoms with E-state index in [9.17, 15) is 13.2 Å². The van der Waals surface area contributed by atoms with Crippen molar-refractivity contribution < 1.29 is 13.2 Å². The van der Waals surface area contributed by atoms with Gasteiger partial charge in [0.25, 0.3) is 0 Å². The van der Waals surface area contributed by atoms with Gasteiger partial charge in [-0.2, -0.15) is 23.5 Å². The van der Waals surface area contributed by atoms with Crippen LogP contribution in [0.5, 0.6) is 0 Å². The molecule has 1 N–H and O–H groups in total. The number of nitrogens with one attached hydrogen (secondary N) is 1. The Morgan fingerprint density at radius 3 is 2.16 bits per heavy atom. The fourth-order valence-corrected chi connectivity index (χ4v) is 4.37. The average Bonchev–Trinajstić information content (AvgIpc) is 2.29. The number of sulfonamides is 1. The number of rotatable bonds is 11. The molecule has 0 atom stereocenters. The molecule has 8 heteroatoms. The predicted molar refractivity (Wildman–Crippen MR) is 89.8 cm³/mol. The Kier molecular flexibility index (Phi) is 11.3. The second-order valence-electron chi connectivity index (χ2n) is 3.81. The summed E-state index contributed by atoms with van der Waals surface area (Å²) in [7, 11) is -3.05. The summed E-state index contributed by atoms with van der Waals surface area (Å²) in [5, 5.41) is 0.0711. The molecule has 0 aromatic heterocycles. The molecule has 0 amide bonds. The van der Waals surface area contributed by atoms with Crippen LogP contribution < -0.4 is 4.72 Å². The lowest BCUT2D eigenvalue weighted by molar-refractivity contribution is -0.107. The lowest BCUT2D eigenvalue weighted by atomic mass is 10.4. The van der Waals surface area contributed by atoms with Gasteiger partial charge in [-0.1, -0.05) is 18.3 Å². The summed E-state index contributed by atoms with van der Waals surface area (Å²) < 4.78 is 24.0. The van der Waals surface area contributed by atoms with Gasteiger partial charge in [0.2, 0.25) is 15.1 Å². The third-order valence-corrected chi connectivity index (χ3v) is 6.03. The van der Waals surface area contributed by atoms with Gasteiger partial charge in [0, 0.05) is 35.3 Å². The Morgan fingerprint density at radius 2 is 1.63 bits per heavy atom. The van der Waals surface area contributed by atoms with Gasteiger partial charge in [-0.05, 0) is 12.5 Å². The topological polar surface area (TPSA) is 63.2 Å². The van der Waals surface area contributed by atoms with E-state index in [2.05, 4.69) is 11.3 Å². The Labute approximate surface area is 129 Å². The fraction of sp³-hybridized carbons (Fsp3) is 0.727. The second kappa shape index (κ2) is 11.1. The average molecular weight is 344 g/mol. The van der Waals surface area contributed by atoms with Crippen molar-refractivity contribution >= 4 is 50.4 Å². The first kappa shape index (κ1) is 19.4. The Balaban J connectivity index is 3.24. The van der Waals surface area contributed by atoms with E-state index < -0.39 is 10.0 Å². The molecule has 0 radical (unpaired) electrons. The molecular weight excluding hydrogens is 322 g/mol. The molecule has 0 saturated heterocycles. The van der Waals surface area contributed by atoms with Crippen molar-refractivity contribution in [3.05, 3.63) is 12.2 Å². The molecule has 0 unspecified atom stereocenters. The van der Waals surface area contributed by atoms with Crippen LogP contribution in [0.1, 0.15) is 6.92 Å². The molecule has 0 fully saturated rings. The van der Waals surface area contributed by atoms with E-state index in [4.69, 9.17) is 0 Å². The van der Waals surface area contributed by atoms with Gasteiger partial charge in [0.05, 0.1) is 6.26 Å². The zero-order chi connectivity index (χ0) is 14.7. The highest BCUT2D eigenvalue weighted by Gasteiger charge is 2.02. The molecule has 0 aromatic carbocycles. The first-order valence-corrected chi connectivity index (χ1v) is 10.9. The summed E-state index contributed by atoms with van der Waals surface area (Å²) in [6.45, 7) is 5.81. The molecule has 0 rings (SSSR count). The van der Waals surface area contributed by atoms with Gasteiger partial charge in [0.15, 0.2) is 0 Å². The Bertz CT molecular complexity index is 381. The van der Waals surface area contributed by atoms with Crippen molar-refractivity contribution in [1.82, 2.24) is 4.72 Å². The van der Waals surface area contributed by atoms with Crippen molar-refractivity contribution in [2.75, 3.05) is 41.6 Å². The first-order chi connectivity index (χ1) is 8.83. The second-order valence-corrected chi connectivity index (χ2v) is 9.16. The fourth-order valence-electron chi connectivity index (χ4n) is 0.938. The van der Waals surface area contributed by atoms with Crippen LogP contribution in [0.15, 0.2) is 12.2 Å². The van der Waals surface area contributed by atoms with Gasteiger partial charge >= 0.3 is 0 Å². The summed E-state index contributed by atoms with van der Waals surface area (Å²) in [6.07, 6.45) is 1.16. The summed E-state index contributed by atoms with van der Waals surface area (Å²) >= 11 is 4.85. The monoisotopic (exact) mass is 343 g/mol. The minimum absolute atomic E-state index is 0.0711. The van der Waals surface area contributed by atoms with Gasteiger partial charge in [-0.25, -0.2) is 13.1 Å². The van der Waals surface area contributed by atoms with E-state index in [-0.39, 0.29) is 5.12 Å². The molecule has 0 saturated carbocycles. The van der Waals surface area contributed by atoms with E-state index in [0.29, 0.717) is 12.1 Å². The highest BCUT2D eigenvalue weighted by atomic mass is 32.2. The minimum atomic E-state index is -3.05. The maximum Gasteiger partial charge on any atom is 0.214 e. The van der Waals surface area contributed by atoms with Crippen LogP contribution in [0.3, 0.4) is 0 Å². The van der Waals surface area contributed by atoms with Crippen LogP contribution in [-0.4, -0.2) is 55.1 Å². The number of carbonyl (C=O) groups excluding carboxylic acids is 1. The molecule has 4 nitrogen and oxygen atoms in total. The Hall–Kier alpha value is 0.370. The van der Waals surface area contributed by atoms with Crippen molar-refractivity contribution in [1.29, 1.82) is 0 Å². The lowest BCUT2D eigenvalue weighted by Gasteiger charge is -2.03. The lowest BCUT2D eigenvalue weighted by Crippen LogP contribution is -2.24. The minimum Gasteiger partial charge on any atom is -0.282 e. The smallest absolute Gasteiger partial charge is 0.214 e. The molecule has 19 heavy (non-hydrogen) atoms. The van der Waals surface area contributed by atoms with E-state index in [1.165, 1.54) is 11.8 Å². The van der Waals surface area contributed by atoms with Crippen molar-refractivity contribution in [3.63, 3.8) is 0 Å². The van der Waals surface area contributed by atoms with Crippen LogP contribution in [0.25, 0.3) is 0 Å². The third kappa shape index (κ3) is 14.6. The van der Waals surface area contributed by atoms with Gasteiger partial charge < -0.3 is 0 Å². The molecule has 0 aliphatic heterocycles. The standard InChI is InChI=1S/C11H21NO3S4/c1-10(2)11(13)18-9-8-17-7-6-16-5-4-12-19(3,14)15/h12H,1,4-9H2,2-3H3.